The summed E-state index contributed by atoms with van der Waals surface area (Å²) in [5.74, 6) is -0.280. The summed E-state index contributed by atoms with van der Waals surface area (Å²) in [6.07, 6.45) is -0.365. The number of hydrogen-bond acceptors (Lipinski definition) is 2. The van der Waals surface area contributed by atoms with E-state index in [4.69, 9.17) is 5.73 Å². The molecule has 0 aliphatic heterocycles. The zero-order chi connectivity index (χ0) is 13.4. The molecule has 0 saturated heterocycles. The van der Waals surface area contributed by atoms with Gasteiger partial charge in [-0.3, -0.25) is 4.79 Å². The molecule has 1 rings (SSSR count). The maximum absolute atomic E-state index is 12.3. The molecule has 18 heavy (non-hydrogen) atoms. The first-order valence-electron chi connectivity index (χ1n) is 5.95. The van der Waals surface area contributed by atoms with Crippen molar-refractivity contribution in [3.05, 3.63) is 35.4 Å². The third kappa shape index (κ3) is 5.72. The van der Waals surface area contributed by atoms with Crippen molar-refractivity contribution < 1.29 is 13.6 Å². The molecule has 3 N–H and O–H groups in total. The lowest BCUT2D eigenvalue weighted by Crippen LogP contribution is -2.16. The monoisotopic (exact) mass is 256 g/mol. The summed E-state index contributed by atoms with van der Waals surface area (Å²) >= 11 is 0. The van der Waals surface area contributed by atoms with Crippen LogP contribution in [0.15, 0.2) is 24.3 Å². The van der Waals surface area contributed by atoms with Crippen LogP contribution >= 0.6 is 0 Å². The van der Waals surface area contributed by atoms with Gasteiger partial charge in [-0.2, -0.15) is 0 Å². The van der Waals surface area contributed by atoms with Gasteiger partial charge in [0.05, 0.1) is 0 Å². The Morgan fingerprint density at radius 2 is 1.89 bits per heavy atom. The van der Waals surface area contributed by atoms with E-state index in [9.17, 15) is 13.6 Å². The first-order chi connectivity index (χ1) is 8.59. The Bertz CT molecular complexity index is 366. The van der Waals surface area contributed by atoms with Gasteiger partial charge in [-0.1, -0.05) is 24.3 Å². The quantitative estimate of drug-likeness (QED) is 0.702. The highest BCUT2D eigenvalue weighted by atomic mass is 19.3. The van der Waals surface area contributed by atoms with E-state index in [1.165, 1.54) is 12.1 Å². The molecule has 0 aliphatic rings. The van der Waals surface area contributed by atoms with Crippen LogP contribution in [0.25, 0.3) is 0 Å². The number of carbonyl (C=O) groups excluding carboxylic acids is 1. The number of rotatable bonds is 8. The maximum Gasteiger partial charge on any atom is 0.263 e. The summed E-state index contributed by atoms with van der Waals surface area (Å²) < 4.78 is 24.6. The topological polar surface area (TPSA) is 55.1 Å². The van der Waals surface area contributed by atoms with E-state index in [2.05, 4.69) is 5.32 Å². The van der Waals surface area contributed by atoms with Gasteiger partial charge in [-0.05, 0) is 24.9 Å². The molecule has 0 heterocycles. The van der Waals surface area contributed by atoms with Gasteiger partial charge >= 0.3 is 0 Å². The molecule has 0 atom stereocenters. The number of halogens is 2. The van der Waals surface area contributed by atoms with Crippen molar-refractivity contribution >= 4 is 5.91 Å². The van der Waals surface area contributed by atoms with Crippen molar-refractivity contribution in [3.8, 4) is 0 Å². The Kier molecular flexibility index (Phi) is 6.28. The first kappa shape index (κ1) is 14.6. The van der Waals surface area contributed by atoms with E-state index in [1.807, 2.05) is 0 Å². The zero-order valence-electron chi connectivity index (χ0n) is 10.2. The van der Waals surface area contributed by atoms with Gasteiger partial charge in [-0.25, -0.2) is 8.78 Å². The smallest absolute Gasteiger partial charge is 0.263 e. The third-order valence-corrected chi connectivity index (χ3v) is 2.59. The molecule has 1 amide bonds. The van der Waals surface area contributed by atoms with E-state index >= 15 is 0 Å². The van der Waals surface area contributed by atoms with E-state index < -0.39 is 6.43 Å². The number of alkyl halides is 2. The minimum absolute atomic E-state index is 0.0419. The van der Waals surface area contributed by atoms with Gasteiger partial charge in [0.2, 0.25) is 5.91 Å². The minimum atomic E-state index is -2.42. The fourth-order valence-electron chi connectivity index (χ4n) is 1.56. The molecule has 100 valence electrons. The van der Waals surface area contributed by atoms with Crippen LogP contribution in [-0.4, -0.2) is 12.5 Å². The van der Waals surface area contributed by atoms with E-state index in [-0.39, 0.29) is 11.5 Å². The van der Waals surface area contributed by atoms with Crippen LogP contribution in [0.1, 0.15) is 36.8 Å². The lowest BCUT2D eigenvalue weighted by Gasteiger charge is -2.05. The van der Waals surface area contributed by atoms with Crippen LogP contribution in [0.4, 0.5) is 8.78 Å². The largest absolute Gasteiger partial charge is 0.370 e. The van der Waals surface area contributed by atoms with Crippen molar-refractivity contribution in [2.24, 2.45) is 5.73 Å². The Morgan fingerprint density at radius 3 is 2.44 bits per heavy atom. The molecule has 0 bridgehead atoms. The third-order valence-electron chi connectivity index (χ3n) is 2.59. The van der Waals surface area contributed by atoms with Crippen LogP contribution < -0.4 is 11.1 Å². The normalized spacial score (nSPS) is 10.8. The van der Waals surface area contributed by atoms with Crippen LogP contribution in [0.3, 0.4) is 0 Å². The van der Waals surface area contributed by atoms with E-state index in [0.717, 1.165) is 24.9 Å². The van der Waals surface area contributed by atoms with Crippen LogP contribution in [0.2, 0.25) is 0 Å². The highest BCUT2D eigenvalue weighted by molar-refractivity contribution is 5.73. The van der Waals surface area contributed by atoms with Crippen molar-refractivity contribution in [2.45, 2.75) is 32.2 Å². The molecule has 0 spiro atoms. The molecule has 0 radical (unpaired) electrons. The summed E-state index contributed by atoms with van der Waals surface area (Å²) in [6, 6.07) is 6.26. The fraction of sp³-hybridized carbons (Fsp3) is 0.462. The van der Waals surface area contributed by atoms with Crippen molar-refractivity contribution in [1.82, 2.24) is 5.32 Å². The molecule has 0 unspecified atom stereocenters. The number of nitrogens with one attached hydrogen (secondary N) is 1. The molecule has 3 nitrogen and oxygen atoms in total. The first-order valence-corrected chi connectivity index (χ1v) is 5.95. The summed E-state index contributed by atoms with van der Waals surface area (Å²) in [5.41, 5.74) is 6.02. The van der Waals surface area contributed by atoms with Crippen molar-refractivity contribution in [1.29, 1.82) is 0 Å². The molecule has 0 aromatic heterocycles. The Hall–Kier alpha value is -1.49. The van der Waals surface area contributed by atoms with Gasteiger partial charge in [0.1, 0.15) is 0 Å². The molecular weight excluding hydrogens is 238 g/mol. The summed E-state index contributed by atoms with van der Waals surface area (Å²) in [6.45, 7) is 1.42. The number of unbranched alkanes of at least 4 members (excludes halogenated alkanes) is 1. The van der Waals surface area contributed by atoms with Crippen LogP contribution in [0, 0.1) is 0 Å². The molecule has 0 fully saturated rings. The second-order valence-electron chi connectivity index (χ2n) is 4.14. The summed E-state index contributed by atoms with van der Waals surface area (Å²) in [4.78, 5) is 10.5. The highest BCUT2D eigenvalue weighted by Gasteiger charge is 2.05. The number of nitrogens with two attached hydrogens (primary N) is 1. The SMILES string of the molecule is NC(=O)CCCCNCc1ccc(C(F)F)cc1. The van der Waals surface area contributed by atoms with Gasteiger partial charge in [-0.15, -0.1) is 0 Å². The molecular formula is C13H18F2N2O. The fourth-order valence-corrected chi connectivity index (χ4v) is 1.56. The van der Waals surface area contributed by atoms with Gasteiger partial charge < -0.3 is 11.1 Å². The minimum Gasteiger partial charge on any atom is -0.370 e. The maximum atomic E-state index is 12.3. The summed E-state index contributed by atoms with van der Waals surface area (Å²) in [5, 5.41) is 3.18. The van der Waals surface area contributed by atoms with Gasteiger partial charge in [0, 0.05) is 18.5 Å². The highest BCUT2D eigenvalue weighted by Crippen LogP contribution is 2.18. The molecule has 0 aliphatic carbocycles. The molecule has 1 aromatic rings. The van der Waals surface area contributed by atoms with Gasteiger partial charge in [0.15, 0.2) is 0 Å². The van der Waals surface area contributed by atoms with E-state index in [1.54, 1.807) is 12.1 Å². The second-order valence-corrected chi connectivity index (χ2v) is 4.14. The Morgan fingerprint density at radius 1 is 1.22 bits per heavy atom. The lowest BCUT2D eigenvalue weighted by atomic mass is 10.1. The van der Waals surface area contributed by atoms with Crippen LogP contribution in [-0.2, 0) is 11.3 Å². The van der Waals surface area contributed by atoms with Crippen LogP contribution in [0.5, 0.6) is 0 Å². The van der Waals surface area contributed by atoms with Gasteiger partial charge in [0.25, 0.3) is 6.43 Å². The number of benzene rings is 1. The molecule has 5 heteroatoms. The average Bonchev–Trinajstić information content (AvgIpc) is 2.34. The zero-order valence-corrected chi connectivity index (χ0v) is 10.2. The number of hydrogen-bond donors (Lipinski definition) is 2. The number of amides is 1. The van der Waals surface area contributed by atoms with Crippen molar-refractivity contribution in [3.63, 3.8) is 0 Å². The second kappa shape index (κ2) is 7.76. The Labute approximate surface area is 105 Å². The average molecular weight is 256 g/mol. The lowest BCUT2D eigenvalue weighted by molar-refractivity contribution is -0.118. The van der Waals surface area contributed by atoms with Crippen molar-refractivity contribution in [2.75, 3.05) is 6.54 Å². The standard InChI is InChI=1S/C13H18F2N2O/c14-13(15)11-6-4-10(5-7-11)9-17-8-2-1-3-12(16)18/h4-7,13,17H,1-3,8-9H2,(H2,16,18). The number of primary amides is 1. The predicted octanol–water partition coefficient (Wildman–Crippen LogP) is 2.37. The number of carbonyl (C=O) groups is 1. The predicted molar refractivity (Wildman–Crippen MR) is 66.2 cm³/mol. The van der Waals surface area contributed by atoms with E-state index in [0.29, 0.717) is 13.0 Å². The summed E-state index contributed by atoms with van der Waals surface area (Å²) in [7, 11) is 0. The Balaban J connectivity index is 2.17. The molecule has 0 saturated carbocycles. The molecule has 1 aromatic carbocycles.